The molecule has 0 bridgehead atoms. The minimum absolute atomic E-state index is 0.209. The molecule has 0 spiro atoms. The zero-order valence-corrected chi connectivity index (χ0v) is 9.28. The van der Waals surface area contributed by atoms with Crippen molar-refractivity contribution in [2.75, 3.05) is 5.32 Å². The molecule has 2 N–H and O–H groups in total. The van der Waals surface area contributed by atoms with Crippen LogP contribution in [0.3, 0.4) is 0 Å². The number of amides is 1. The molecule has 5 heteroatoms. The molecule has 0 fully saturated rings. The second-order valence-corrected chi connectivity index (χ2v) is 3.73. The van der Waals surface area contributed by atoms with Crippen molar-refractivity contribution in [3.8, 4) is 0 Å². The summed E-state index contributed by atoms with van der Waals surface area (Å²) in [6, 6.07) is 7.07. The lowest BCUT2D eigenvalue weighted by Gasteiger charge is -2.03. The molecule has 2 aromatic rings. The van der Waals surface area contributed by atoms with Crippen LogP contribution in [0.1, 0.15) is 10.5 Å². The molecule has 0 aliphatic rings. The van der Waals surface area contributed by atoms with Crippen molar-refractivity contribution >= 4 is 27.7 Å². The molecule has 2 heterocycles. The van der Waals surface area contributed by atoms with Gasteiger partial charge in [0.25, 0.3) is 5.91 Å². The maximum Gasteiger partial charge on any atom is 0.273 e. The van der Waals surface area contributed by atoms with Crippen LogP contribution < -0.4 is 5.32 Å². The Morgan fingerprint density at radius 3 is 2.93 bits per heavy atom. The second kappa shape index (κ2) is 4.27. The SMILES string of the molecule is O=C(Nc1ncccc1Br)c1ccc[nH]1. The summed E-state index contributed by atoms with van der Waals surface area (Å²) in [7, 11) is 0. The van der Waals surface area contributed by atoms with Crippen molar-refractivity contribution in [1.29, 1.82) is 0 Å². The summed E-state index contributed by atoms with van der Waals surface area (Å²) < 4.78 is 0.755. The van der Waals surface area contributed by atoms with Gasteiger partial charge in [-0.15, -0.1) is 0 Å². The molecule has 2 rings (SSSR count). The Hall–Kier alpha value is -1.62. The highest BCUT2D eigenvalue weighted by atomic mass is 79.9. The van der Waals surface area contributed by atoms with Crippen LogP contribution in [0.4, 0.5) is 5.82 Å². The Balaban J connectivity index is 2.17. The summed E-state index contributed by atoms with van der Waals surface area (Å²) in [6.07, 6.45) is 3.32. The lowest BCUT2D eigenvalue weighted by molar-refractivity contribution is 0.102. The molecular formula is C10H8BrN3O. The molecule has 0 atom stereocenters. The first kappa shape index (κ1) is 9.92. The lowest BCUT2D eigenvalue weighted by Crippen LogP contribution is -2.13. The van der Waals surface area contributed by atoms with E-state index in [2.05, 4.69) is 31.2 Å². The number of nitrogens with one attached hydrogen (secondary N) is 2. The van der Waals surface area contributed by atoms with Gasteiger partial charge in [0.15, 0.2) is 0 Å². The highest BCUT2D eigenvalue weighted by Gasteiger charge is 2.08. The lowest BCUT2D eigenvalue weighted by atomic mass is 10.4. The predicted octanol–water partition coefficient (Wildman–Crippen LogP) is 2.42. The van der Waals surface area contributed by atoms with E-state index in [1.165, 1.54) is 0 Å². The highest BCUT2D eigenvalue weighted by Crippen LogP contribution is 2.18. The highest BCUT2D eigenvalue weighted by molar-refractivity contribution is 9.10. The third-order valence-electron chi connectivity index (χ3n) is 1.83. The van der Waals surface area contributed by atoms with E-state index in [-0.39, 0.29) is 5.91 Å². The van der Waals surface area contributed by atoms with E-state index in [9.17, 15) is 4.79 Å². The number of halogens is 1. The van der Waals surface area contributed by atoms with E-state index in [1.54, 1.807) is 30.6 Å². The van der Waals surface area contributed by atoms with Crippen LogP contribution in [-0.4, -0.2) is 15.9 Å². The van der Waals surface area contributed by atoms with Crippen LogP contribution in [0.25, 0.3) is 0 Å². The molecule has 0 aliphatic heterocycles. The van der Waals surface area contributed by atoms with E-state index in [0.717, 1.165) is 4.47 Å². The third-order valence-corrected chi connectivity index (χ3v) is 2.47. The number of nitrogens with zero attached hydrogens (tertiary/aromatic N) is 1. The van der Waals surface area contributed by atoms with E-state index >= 15 is 0 Å². The fraction of sp³-hybridized carbons (Fsp3) is 0. The summed E-state index contributed by atoms with van der Waals surface area (Å²) in [5.41, 5.74) is 0.507. The van der Waals surface area contributed by atoms with E-state index in [1.807, 2.05) is 6.07 Å². The van der Waals surface area contributed by atoms with E-state index < -0.39 is 0 Å². The van der Waals surface area contributed by atoms with Crippen LogP contribution >= 0.6 is 15.9 Å². The van der Waals surface area contributed by atoms with Crippen LogP contribution in [0.2, 0.25) is 0 Å². The molecule has 15 heavy (non-hydrogen) atoms. The van der Waals surface area contributed by atoms with Crippen molar-refractivity contribution in [1.82, 2.24) is 9.97 Å². The van der Waals surface area contributed by atoms with Gasteiger partial charge in [-0.1, -0.05) is 0 Å². The number of anilines is 1. The first-order chi connectivity index (χ1) is 7.27. The quantitative estimate of drug-likeness (QED) is 0.877. The normalized spacial score (nSPS) is 9.93. The van der Waals surface area contributed by atoms with Crippen molar-refractivity contribution in [2.45, 2.75) is 0 Å². The molecule has 0 radical (unpaired) electrons. The Kier molecular flexibility index (Phi) is 2.82. The van der Waals surface area contributed by atoms with Crippen molar-refractivity contribution in [3.63, 3.8) is 0 Å². The minimum Gasteiger partial charge on any atom is -0.357 e. The Morgan fingerprint density at radius 2 is 2.27 bits per heavy atom. The minimum atomic E-state index is -0.209. The molecule has 0 unspecified atom stereocenters. The molecule has 0 saturated carbocycles. The second-order valence-electron chi connectivity index (χ2n) is 2.87. The van der Waals surface area contributed by atoms with E-state index in [4.69, 9.17) is 0 Å². The zero-order chi connectivity index (χ0) is 10.7. The smallest absolute Gasteiger partial charge is 0.273 e. The summed E-state index contributed by atoms with van der Waals surface area (Å²) in [5, 5.41) is 2.68. The topological polar surface area (TPSA) is 57.8 Å². The van der Waals surface area contributed by atoms with Gasteiger partial charge in [0.05, 0.1) is 4.47 Å². The van der Waals surface area contributed by atoms with Gasteiger partial charge in [-0.05, 0) is 40.2 Å². The summed E-state index contributed by atoms with van der Waals surface area (Å²) in [6.45, 7) is 0. The number of carbonyl (C=O) groups excluding carboxylic acids is 1. The number of carbonyl (C=O) groups is 1. The molecule has 1 amide bonds. The van der Waals surface area contributed by atoms with Gasteiger partial charge < -0.3 is 10.3 Å². The molecule has 0 aromatic carbocycles. The number of H-pyrrole nitrogens is 1. The summed E-state index contributed by atoms with van der Waals surface area (Å²) in [4.78, 5) is 18.5. The Labute approximate surface area is 94.9 Å². The van der Waals surface area contributed by atoms with Gasteiger partial charge in [0.1, 0.15) is 11.5 Å². The van der Waals surface area contributed by atoms with Gasteiger partial charge in [0, 0.05) is 12.4 Å². The molecule has 0 aliphatic carbocycles. The van der Waals surface area contributed by atoms with Crippen molar-refractivity contribution in [2.24, 2.45) is 0 Å². The number of hydrogen-bond acceptors (Lipinski definition) is 2. The standard InChI is InChI=1S/C10H8BrN3O/c11-7-3-1-6-13-9(7)14-10(15)8-4-2-5-12-8/h1-6,12H,(H,13,14,15). The van der Waals surface area contributed by atoms with Gasteiger partial charge in [0.2, 0.25) is 0 Å². The number of hydrogen-bond donors (Lipinski definition) is 2. The average molecular weight is 266 g/mol. The monoisotopic (exact) mass is 265 g/mol. The largest absolute Gasteiger partial charge is 0.357 e. The summed E-state index contributed by atoms with van der Waals surface area (Å²) >= 11 is 3.30. The number of rotatable bonds is 2. The van der Waals surface area contributed by atoms with Gasteiger partial charge in [-0.25, -0.2) is 4.98 Å². The number of aromatic amines is 1. The Bertz CT molecular complexity index is 467. The van der Waals surface area contributed by atoms with Crippen LogP contribution in [0, 0.1) is 0 Å². The van der Waals surface area contributed by atoms with Crippen LogP contribution in [0.5, 0.6) is 0 Å². The average Bonchev–Trinajstić information content (AvgIpc) is 2.74. The third kappa shape index (κ3) is 2.24. The van der Waals surface area contributed by atoms with Gasteiger partial charge in [-0.2, -0.15) is 0 Å². The molecule has 0 saturated heterocycles. The first-order valence-electron chi connectivity index (χ1n) is 4.32. The number of aromatic nitrogens is 2. The maximum absolute atomic E-state index is 11.6. The van der Waals surface area contributed by atoms with E-state index in [0.29, 0.717) is 11.5 Å². The fourth-order valence-corrected chi connectivity index (χ4v) is 1.48. The zero-order valence-electron chi connectivity index (χ0n) is 7.70. The predicted molar refractivity (Wildman–Crippen MR) is 60.7 cm³/mol. The van der Waals surface area contributed by atoms with Crippen LogP contribution in [0.15, 0.2) is 41.1 Å². The Morgan fingerprint density at radius 1 is 1.40 bits per heavy atom. The molecular weight excluding hydrogens is 258 g/mol. The van der Waals surface area contributed by atoms with Crippen LogP contribution in [-0.2, 0) is 0 Å². The van der Waals surface area contributed by atoms with Crippen molar-refractivity contribution in [3.05, 3.63) is 46.8 Å². The number of pyridine rings is 1. The van der Waals surface area contributed by atoms with Gasteiger partial charge >= 0.3 is 0 Å². The molecule has 2 aromatic heterocycles. The molecule has 4 nitrogen and oxygen atoms in total. The summed E-state index contributed by atoms with van der Waals surface area (Å²) in [5.74, 6) is 0.302. The first-order valence-corrected chi connectivity index (χ1v) is 5.12. The fourth-order valence-electron chi connectivity index (χ4n) is 1.12. The maximum atomic E-state index is 11.6. The van der Waals surface area contributed by atoms with Crippen molar-refractivity contribution < 1.29 is 4.79 Å². The van der Waals surface area contributed by atoms with Gasteiger partial charge in [-0.3, -0.25) is 4.79 Å². The molecule has 76 valence electrons.